The topological polar surface area (TPSA) is 87.8 Å². The first-order valence-corrected chi connectivity index (χ1v) is 9.24. The highest BCUT2D eigenvalue weighted by molar-refractivity contribution is 7.90. The van der Waals surface area contributed by atoms with Crippen LogP contribution in [0.4, 0.5) is 8.78 Å². The predicted octanol–water partition coefficient (Wildman–Crippen LogP) is 3.08. The van der Waals surface area contributed by atoms with Crippen LogP contribution in [-0.4, -0.2) is 24.4 Å². The van der Waals surface area contributed by atoms with Crippen LogP contribution in [0.3, 0.4) is 0 Å². The van der Waals surface area contributed by atoms with Gasteiger partial charge in [-0.25, -0.2) is 26.2 Å². The van der Waals surface area contributed by atoms with E-state index in [1.54, 1.807) is 25.2 Å². The van der Waals surface area contributed by atoms with Crippen molar-refractivity contribution in [2.75, 3.05) is 7.05 Å². The number of benzene rings is 1. The minimum atomic E-state index is -4.38. The first-order chi connectivity index (χ1) is 12.9. The van der Waals surface area contributed by atoms with Gasteiger partial charge in [0.15, 0.2) is 0 Å². The van der Waals surface area contributed by atoms with Crippen LogP contribution in [-0.2, 0) is 16.6 Å². The fourth-order valence-electron chi connectivity index (χ4n) is 2.68. The van der Waals surface area contributed by atoms with Gasteiger partial charge in [-0.1, -0.05) is 0 Å². The third-order valence-corrected chi connectivity index (χ3v) is 5.55. The van der Waals surface area contributed by atoms with E-state index in [4.69, 9.17) is 0 Å². The molecule has 6 nitrogen and oxygen atoms in total. The van der Waals surface area contributed by atoms with Gasteiger partial charge >= 0.3 is 0 Å². The van der Waals surface area contributed by atoms with Gasteiger partial charge in [0.1, 0.15) is 28.3 Å². The first kappa shape index (κ1) is 21.5. The van der Waals surface area contributed by atoms with Crippen LogP contribution in [0.1, 0.15) is 11.3 Å². The van der Waals surface area contributed by atoms with Crippen LogP contribution in [0, 0.1) is 23.0 Å². The van der Waals surface area contributed by atoms with Crippen molar-refractivity contribution in [2.45, 2.75) is 11.4 Å². The molecule has 0 unspecified atom stereocenters. The molecule has 0 radical (unpaired) electrons. The highest BCUT2D eigenvalue weighted by Gasteiger charge is 2.26. The Morgan fingerprint density at radius 1 is 1.25 bits per heavy atom. The van der Waals surface area contributed by atoms with E-state index in [2.05, 4.69) is 10.3 Å². The van der Waals surface area contributed by atoms with Crippen molar-refractivity contribution in [3.05, 3.63) is 71.7 Å². The van der Waals surface area contributed by atoms with Crippen LogP contribution in [0.25, 0.3) is 11.3 Å². The van der Waals surface area contributed by atoms with E-state index in [0.717, 1.165) is 16.1 Å². The summed E-state index contributed by atoms with van der Waals surface area (Å²) in [5.74, 6) is -2.08. The number of nitrogens with zero attached hydrogens (tertiary/aromatic N) is 3. The quantitative estimate of drug-likeness (QED) is 0.680. The molecule has 0 spiro atoms. The molecule has 0 saturated carbocycles. The second-order valence-electron chi connectivity index (χ2n) is 5.65. The largest absolute Gasteiger partial charge is 0.316 e. The van der Waals surface area contributed by atoms with Crippen LogP contribution in [0.2, 0.25) is 0 Å². The van der Waals surface area contributed by atoms with E-state index in [1.165, 1.54) is 12.4 Å². The molecule has 0 saturated heterocycles. The zero-order chi connectivity index (χ0) is 19.6. The summed E-state index contributed by atoms with van der Waals surface area (Å²) in [7, 11) is -2.69. The van der Waals surface area contributed by atoms with Crippen molar-refractivity contribution < 1.29 is 17.2 Å². The van der Waals surface area contributed by atoms with Gasteiger partial charge in [0.25, 0.3) is 10.0 Å². The number of hydrogen-bond acceptors (Lipinski definition) is 5. The summed E-state index contributed by atoms with van der Waals surface area (Å²) in [5.41, 5.74) is 1.08. The summed E-state index contributed by atoms with van der Waals surface area (Å²) in [5, 5.41) is 12.2. The summed E-state index contributed by atoms with van der Waals surface area (Å²) >= 11 is 0. The summed E-state index contributed by atoms with van der Waals surface area (Å²) in [6.45, 7) is 0.351. The molecule has 0 aliphatic rings. The van der Waals surface area contributed by atoms with Gasteiger partial charge in [-0.2, -0.15) is 5.26 Å². The molecule has 0 fully saturated rings. The van der Waals surface area contributed by atoms with E-state index in [0.29, 0.717) is 18.2 Å². The molecule has 3 rings (SSSR count). The van der Waals surface area contributed by atoms with Crippen molar-refractivity contribution in [3.8, 4) is 17.3 Å². The fourth-order valence-corrected chi connectivity index (χ4v) is 4.13. The highest BCUT2D eigenvalue weighted by atomic mass is 35.5. The maximum atomic E-state index is 14.2. The molecule has 28 heavy (non-hydrogen) atoms. The van der Waals surface area contributed by atoms with Crippen molar-refractivity contribution in [3.63, 3.8) is 0 Å². The average Bonchev–Trinajstić information content (AvgIpc) is 3.06. The van der Waals surface area contributed by atoms with Crippen LogP contribution in [0.15, 0.2) is 53.7 Å². The third kappa shape index (κ3) is 3.89. The van der Waals surface area contributed by atoms with Gasteiger partial charge < -0.3 is 5.32 Å². The van der Waals surface area contributed by atoms with E-state index < -0.39 is 26.6 Å². The average molecular weight is 425 g/mol. The van der Waals surface area contributed by atoms with Crippen molar-refractivity contribution in [2.24, 2.45) is 0 Å². The highest BCUT2D eigenvalue weighted by Crippen LogP contribution is 2.29. The lowest BCUT2D eigenvalue weighted by Gasteiger charge is -2.12. The summed E-state index contributed by atoms with van der Waals surface area (Å²) in [6, 6.07) is 8.86. The third-order valence-electron chi connectivity index (χ3n) is 3.84. The van der Waals surface area contributed by atoms with E-state index in [1.807, 2.05) is 6.07 Å². The lowest BCUT2D eigenvalue weighted by atomic mass is 10.1. The molecule has 2 heterocycles. The molecule has 3 aromatic rings. The van der Waals surface area contributed by atoms with Gasteiger partial charge in [0.2, 0.25) is 0 Å². The number of hydrogen-bond donors (Lipinski definition) is 1. The smallest absolute Gasteiger partial charge is 0.271 e. The molecule has 10 heteroatoms. The normalized spacial score (nSPS) is 10.9. The first-order valence-electron chi connectivity index (χ1n) is 7.80. The number of aromatic nitrogens is 2. The van der Waals surface area contributed by atoms with E-state index in [9.17, 15) is 22.5 Å². The van der Waals surface area contributed by atoms with Gasteiger partial charge in [-0.05, 0) is 42.9 Å². The molecule has 0 aliphatic heterocycles. The van der Waals surface area contributed by atoms with Crippen molar-refractivity contribution in [1.82, 2.24) is 14.3 Å². The Morgan fingerprint density at radius 2 is 2.00 bits per heavy atom. The zero-order valence-corrected chi connectivity index (χ0v) is 16.2. The van der Waals surface area contributed by atoms with E-state index >= 15 is 0 Å². The minimum Gasteiger partial charge on any atom is -0.316 e. The van der Waals surface area contributed by atoms with Crippen LogP contribution >= 0.6 is 12.4 Å². The summed E-state index contributed by atoms with van der Waals surface area (Å²) in [4.78, 5) is 3.28. The zero-order valence-electron chi connectivity index (χ0n) is 14.6. The van der Waals surface area contributed by atoms with Gasteiger partial charge in [-0.15, -0.1) is 12.4 Å². The van der Waals surface area contributed by atoms with Gasteiger partial charge in [-0.3, -0.25) is 0 Å². The monoisotopic (exact) mass is 424 g/mol. The molecule has 1 N–H and O–H groups in total. The lowest BCUT2D eigenvalue weighted by molar-refractivity contribution is 0.546. The number of rotatable bonds is 5. The Labute approximate surface area is 166 Å². The van der Waals surface area contributed by atoms with E-state index in [-0.39, 0.29) is 29.4 Å². The molecular formula is C18H15ClF2N4O2S. The second-order valence-corrected chi connectivity index (χ2v) is 7.43. The lowest BCUT2D eigenvalue weighted by Crippen LogP contribution is -2.15. The molecule has 0 aliphatic carbocycles. The Balaban J connectivity index is 0.00000280. The molecule has 1 aromatic carbocycles. The molecule has 146 valence electrons. The standard InChI is InChI=1S/C18H14F2N4O2S.ClH/c1-22-10-12-7-17(14-3-2-6-23-16(14)9-21)24(11-12)27(25,26)18-5-4-13(19)8-15(18)20;/h2-8,11,22H,10H2,1H3;1H. The molecule has 0 bridgehead atoms. The molecule has 0 amide bonds. The summed E-state index contributed by atoms with van der Waals surface area (Å²) in [6.07, 6.45) is 2.75. The van der Waals surface area contributed by atoms with Crippen molar-refractivity contribution >= 4 is 22.4 Å². The Bertz CT molecular complexity index is 1160. The summed E-state index contributed by atoms with van der Waals surface area (Å²) < 4.78 is 54.3. The fraction of sp³-hybridized carbons (Fsp3) is 0.111. The number of pyridine rings is 1. The number of nitriles is 1. The Hall–Kier alpha value is -2.80. The number of nitrogens with one attached hydrogen (secondary N) is 1. The maximum absolute atomic E-state index is 14.2. The number of halogens is 3. The van der Waals surface area contributed by atoms with Crippen LogP contribution in [0.5, 0.6) is 0 Å². The second kappa shape index (κ2) is 8.48. The molecule has 0 atom stereocenters. The SMILES string of the molecule is CNCc1cc(-c2cccnc2C#N)n(S(=O)(=O)c2ccc(F)cc2F)c1.Cl. The Morgan fingerprint density at radius 3 is 2.64 bits per heavy atom. The predicted molar refractivity (Wildman–Crippen MR) is 101 cm³/mol. The van der Waals surface area contributed by atoms with Crippen molar-refractivity contribution in [1.29, 1.82) is 5.26 Å². The Kier molecular flexibility index (Phi) is 6.51. The minimum absolute atomic E-state index is 0. The maximum Gasteiger partial charge on any atom is 0.271 e. The molecule has 2 aromatic heterocycles. The van der Waals surface area contributed by atoms with Gasteiger partial charge in [0, 0.05) is 30.6 Å². The van der Waals surface area contributed by atoms with Crippen LogP contribution < -0.4 is 5.32 Å². The van der Waals surface area contributed by atoms with Gasteiger partial charge in [0.05, 0.1) is 5.69 Å². The molecular weight excluding hydrogens is 410 g/mol.